The molecule has 0 aromatic carbocycles. The van der Waals surface area contributed by atoms with Gasteiger partial charge in [-0.15, -0.1) is 0 Å². The molecule has 112 valence electrons. The lowest BCUT2D eigenvalue weighted by atomic mass is 10.1. The molecule has 2 rings (SSSR count). The van der Waals surface area contributed by atoms with Crippen LogP contribution in [0.1, 0.15) is 42.4 Å². The lowest BCUT2D eigenvalue weighted by molar-refractivity contribution is 0.0921. The third-order valence-corrected chi connectivity index (χ3v) is 4.41. The summed E-state index contributed by atoms with van der Waals surface area (Å²) in [6, 6.07) is -0.132. The number of nitrogens with zero attached hydrogens (tertiary/aromatic N) is 1. The topological polar surface area (TPSA) is 101 Å². The molecule has 9 heteroatoms. The number of aromatic nitrogens is 2. The zero-order valence-electron chi connectivity index (χ0n) is 11.1. The van der Waals surface area contributed by atoms with Gasteiger partial charge in [0.2, 0.25) is 0 Å². The number of carbonyl (C=O) groups is 1. The number of halogens is 1. The van der Waals surface area contributed by atoms with Crippen molar-refractivity contribution < 1.29 is 17.9 Å². The van der Waals surface area contributed by atoms with Gasteiger partial charge in [-0.2, -0.15) is 5.10 Å². The van der Waals surface area contributed by atoms with Gasteiger partial charge < -0.3 is 10.1 Å². The molecule has 0 saturated carbocycles. The van der Waals surface area contributed by atoms with Crippen LogP contribution in [0.25, 0.3) is 0 Å². The number of hydrogen-bond donors (Lipinski definition) is 2. The van der Waals surface area contributed by atoms with Crippen LogP contribution in [-0.2, 0) is 13.8 Å². The van der Waals surface area contributed by atoms with E-state index in [2.05, 4.69) is 15.5 Å². The Labute approximate surface area is 121 Å². The minimum atomic E-state index is -4.06. The van der Waals surface area contributed by atoms with Gasteiger partial charge in [-0.1, -0.05) is 13.8 Å². The van der Waals surface area contributed by atoms with Crippen LogP contribution in [0.5, 0.6) is 0 Å². The number of hydrogen-bond acceptors (Lipinski definition) is 5. The lowest BCUT2D eigenvalue weighted by Crippen LogP contribution is -2.35. The molecule has 1 aromatic rings. The maximum atomic E-state index is 12.1. The summed E-state index contributed by atoms with van der Waals surface area (Å²) in [6.07, 6.45) is 0.691. The Hall–Kier alpha value is -1.12. The first-order chi connectivity index (χ1) is 9.30. The Morgan fingerprint density at radius 3 is 2.75 bits per heavy atom. The van der Waals surface area contributed by atoms with Gasteiger partial charge in [-0.25, -0.2) is 8.42 Å². The van der Waals surface area contributed by atoms with Gasteiger partial charge in [0.1, 0.15) is 4.90 Å². The Morgan fingerprint density at radius 2 is 2.25 bits per heavy atom. The standard InChI is InChI=1S/C11H16ClN3O4S/c1-6(2)8-10(20(12,17)18)9(15-14-8)11(16)13-7-3-4-19-5-7/h6-7H,3-5H2,1-2H3,(H,13,16)(H,14,15). The highest BCUT2D eigenvalue weighted by Crippen LogP contribution is 2.27. The fourth-order valence-corrected chi connectivity index (χ4v) is 3.42. The number of carbonyl (C=O) groups excluding carboxylic acids is 1. The second-order valence-corrected chi connectivity index (χ2v) is 7.44. The summed E-state index contributed by atoms with van der Waals surface area (Å²) in [4.78, 5) is 11.9. The monoisotopic (exact) mass is 321 g/mol. The third-order valence-electron chi connectivity index (χ3n) is 3.05. The summed E-state index contributed by atoms with van der Waals surface area (Å²) in [5.41, 5.74) is 0.128. The third kappa shape index (κ3) is 3.13. The fourth-order valence-electron chi connectivity index (χ4n) is 2.04. The number of rotatable bonds is 4. The molecular formula is C11H16ClN3O4S. The summed E-state index contributed by atoms with van der Waals surface area (Å²) < 4.78 is 28.5. The van der Waals surface area contributed by atoms with Crippen molar-refractivity contribution in [2.24, 2.45) is 0 Å². The molecule has 1 atom stereocenters. The van der Waals surface area contributed by atoms with Crippen LogP contribution >= 0.6 is 10.7 Å². The summed E-state index contributed by atoms with van der Waals surface area (Å²) >= 11 is 0. The number of nitrogens with one attached hydrogen (secondary N) is 2. The Balaban J connectivity index is 2.33. The second-order valence-electron chi connectivity index (χ2n) is 4.94. The van der Waals surface area contributed by atoms with Gasteiger partial charge in [-0.05, 0) is 12.3 Å². The van der Waals surface area contributed by atoms with Crippen molar-refractivity contribution in [2.75, 3.05) is 13.2 Å². The smallest absolute Gasteiger partial charge is 0.273 e. The predicted octanol–water partition coefficient (Wildman–Crippen LogP) is 0.979. The van der Waals surface area contributed by atoms with Crippen LogP contribution in [0.15, 0.2) is 4.90 Å². The Morgan fingerprint density at radius 1 is 1.55 bits per heavy atom. The highest BCUT2D eigenvalue weighted by Gasteiger charge is 2.31. The van der Waals surface area contributed by atoms with Crippen molar-refractivity contribution in [3.63, 3.8) is 0 Å². The van der Waals surface area contributed by atoms with Gasteiger partial charge in [0.25, 0.3) is 15.0 Å². The highest BCUT2D eigenvalue weighted by molar-refractivity contribution is 8.13. The molecule has 2 heterocycles. The van der Waals surface area contributed by atoms with Crippen LogP contribution < -0.4 is 5.32 Å². The average molecular weight is 322 g/mol. The minimum Gasteiger partial charge on any atom is -0.379 e. The molecule has 1 saturated heterocycles. The summed E-state index contributed by atoms with van der Waals surface area (Å²) in [7, 11) is 1.36. The van der Waals surface area contributed by atoms with Gasteiger partial charge in [0.15, 0.2) is 5.69 Å². The van der Waals surface area contributed by atoms with E-state index in [-0.39, 0.29) is 22.5 Å². The molecule has 0 spiro atoms. The molecule has 1 fully saturated rings. The lowest BCUT2D eigenvalue weighted by Gasteiger charge is -2.10. The van der Waals surface area contributed by atoms with E-state index in [4.69, 9.17) is 15.4 Å². The summed E-state index contributed by atoms with van der Waals surface area (Å²) in [5.74, 6) is -0.717. The number of ether oxygens (including phenoxy) is 1. The largest absolute Gasteiger partial charge is 0.379 e. The molecule has 1 aromatic heterocycles. The van der Waals surface area contributed by atoms with Crippen LogP contribution in [0.4, 0.5) is 0 Å². The molecular weight excluding hydrogens is 306 g/mol. The van der Waals surface area contributed by atoms with Crippen molar-refractivity contribution in [1.82, 2.24) is 15.5 Å². The van der Waals surface area contributed by atoms with Crippen molar-refractivity contribution in [3.05, 3.63) is 11.4 Å². The van der Waals surface area contributed by atoms with Gasteiger partial charge in [0.05, 0.1) is 18.3 Å². The van der Waals surface area contributed by atoms with Crippen molar-refractivity contribution in [3.8, 4) is 0 Å². The van der Waals surface area contributed by atoms with E-state index in [1.165, 1.54) is 0 Å². The molecule has 1 aliphatic heterocycles. The van der Waals surface area contributed by atoms with E-state index in [1.807, 2.05) is 0 Å². The van der Waals surface area contributed by atoms with E-state index >= 15 is 0 Å². The summed E-state index contributed by atoms with van der Waals surface area (Å²) in [5, 5.41) is 9.08. The summed E-state index contributed by atoms with van der Waals surface area (Å²) in [6.45, 7) is 4.55. The fraction of sp³-hybridized carbons (Fsp3) is 0.636. The SMILES string of the molecule is CC(C)c1[nH]nc(C(=O)NC2CCOC2)c1S(=O)(=O)Cl. The molecule has 2 N–H and O–H groups in total. The van der Waals surface area contributed by atoms with E-state index in [0.29, 0.717) is 25.3 Å². The van der Waals surface area contributed by atoms with Crippen molar-refractivity contribution >= 4 is 25.6 Å². The van der Waals surface area contributed by atoms with E-state index in [9.17, 15) is 13.2 Å². The Bertz CT molecular complexity index is 605. The quantitative estimate of drug-likeness (QED) is 0.805. The van der Waals surface area contributed by atoms with Crippen molar-refractivity contribution in [1.29, 1.82) is 0 Å². The minimum absolute atomic E-state index is 0.132. The van der Waals surface area contributed by atoms with Crippen LogP contribution in [0.2, 0.25) is 0 Å². The first-order valence-corrected chi connectivity index (χ1v) is 8.53. The van der Waals surface area contributed by atoms with E-state index in [1.54, 1.807) is 13.8 Å². The zero-order valence-corrected chi connectivity index (χ0v) is 12.7. The van der Waals surface area contributed by atoms with Gasteiger partial charge in [-0.3, -0.25) is 9.89 Å². The molecule has 0 aliphatic carbocycles. The molecule has 20 heavy (non-hydrogen) atoms. The maximum Gasteiger partial charge on any atom is 0.273 e. The van der Waals surface area contributed by atoms with Gasteiger partial charge >= 0.3 is 0 Å². The normalized spacial score (nSPS) is 19.5. The zero-order chi connectivity index (χ0) is 14.9. The van der Waals surface area contributed by atoms with Crippen molar-refractivity contribution in [2.45, 2.75) is 37.1 Å². The predicted molar refractivity (Wildman–Crippen MR) is 72.4 cm³/mol. The molecule has 0 bridgehead atoms. The maximum absolute atomic E-state index is 12.1. The number of aromatic amines is 1. The highest BCUT2D eigenvalue weighted by atomic mass is 35.7. The first kappa shape index (κ1) is 15.3. The van der Waals surface area contributed by atoms with Crippen LogP contribution in [0.3, 0.4) is 0 Å². The molecule has 1 amide bonds. The average Bonchev–Trinajstić information content (AvgIpc) is 2.95. The number of H-pyrrole nitrogens is 1. The van der Waals surface area contributed by atoms with E-state index < -0.39 is 15.0 Å². The number of amides is 1. The van der Waals surface area contributed by atoms with Crippen LogP contribution in [0, 0.1) is 0 Å². The molecule has 1 unspecified atom stereocenters. The molecule has 0 radical (unpaired) electrons. The van der Waals surface area contributed by atoms with Crippen LogP contribution in [-0.4, -0.2) is 43.8 Å². The molecule has 7 nitrogen and oxygen atoms in total. The van der Waals surface area contributed by atoms with E-state index in [0.717, 1.165) is 0 Å². The first-order valence-electron chi connectivity index (χ1n) is 6.22. The Kier molecular flexibility index (Phi) is 4.36. The van der Waals surface area contributed by atoms with Gasteiger partial charge in [0, 0.05) is 17.3 Å². The molecule has 1 aliphatic rings. The second kappa shape index (κ2) is 5.71.